The zero-order valence-corrected chi connectivity index (χ0v) is 9.82. The number of benzene rings is 1. The van der Waals surface area contributed by atoms with Crippen LogP contribution in [0.25, 0.3) is 0 Å². The van der Waals surface area contributed by atoms with Crippen molar-refractivity contribution in [2.75, 3.05) is 26.2 Å². The molecule has 1 fully saturated rings. The van der Waals surface area contributed by atoms with Crippen LogP contribution in [0.3, 0.4) is 0 Å². The minimum atomic E-state index is 0.132. The number of ether oxygens (including phenoxy) is 1. The Morgan fingerprint density at radius 2 is 2.12 bits per heavy atom. The summed E-state index contributed by atoms with van der Waals surface area (Å²) in [5.74, 6) is 0.288. The topological polar surface area (TPSA) is 50.4 Å². The van der Waals surface area contributed by atoms with Crippen LogP contribution in [0.4, 0.5) is 0 Å². The van der Waals surface area contributed by atoms with Crippen molar-refractivity contribution in [3.8, 4) is 0 Å². The minimum Gasteiger partial charge on any atom is -0.375 e. The molecule has 2 N–H and O–H groups in total. The highest BCUT2D eigenvalue weighted by molar-refractivity contribution is 5.79. The summed E-state index contributed by atoms with van der Waals surface area (Å²) >= 11 is 0. The smallest absolute Gasteiger partial charge is 0.225 e. The van der Waals surface area contributed by atoms with E-state index in [1.165, 1.54) is 0 Å². The molecule has 17 heavy (non-hydrogen) atoms. The van der Waals surface area contributed by atoms with E-state index in [9.17, 15) is 4.79 Å². The largest absolute Gasteiger partial charge is 0.375 e. The van der Waals surface area contributed by atoms with E-state index in [1.54, 1.807) is 0 Å². The van der Waals surface area contributed by atoms with E-state index in [1.807, 2.05) is 30.3 Å². The van der Waals surface area contributed by atoms with E-state index < -0.39 is 0 Å². The van der Waals surface area contributed by atoms with Crippen molar-refractivity contribution in [2.24, 2.45) is 5.92 Å². The molecule has 0 radical (unpaired) electrons. The fraction of sp³-hybridized carbons (Fsp3) is 0.462. The number of hydrogen-bond donors (Lipinski definition) is 2. The fourth-order valence-electron chi connectivity index (χ4n) is 1.63. The van der Waals surface area contributed by atoms with E-state index in [2.05, 4.69) is 10.6 Å². The van der Waals surface area contributed by atoms with Crippen molar-refractivity contribution in [3.05, 3.63) is 35.9 Å². The maximum absolute atomic E-state index is 11.5. The predicted molar refractivity (Wildman–Crippen MR) is 65.5 cm³/mol. The van der Waals surface area contributed by atoms with Gasteiger partial charge in [-0.3, -0.25) is 4.79 Å². The highest BCUT2D eigenvalue weighted by Crippen LogP contribution is 2.02. The van der Waals surface area contributed by atoms with E-state index in [4.69, 9.17) is 4.74 Å². The molecule has 0 atom stereocenters. The molecule has 0 unspecified atom stereocenters. The molecule has 4 heteroatoms. The molecule has 0 spiro atoms. The number of amides is 1. The molecule has 0 aliphatic carbocycles. The third-order valence-corrected chi connectivity index (χ3v) is 2.81. The summed E-state index contributed by atoms with van der Waals surface area (Å²) in [6.45, 7) is 3.35. The van der Waals surface area contributed by atoms with Gasteiger partial charge >= 0.3 is 0 Å². The first-order valence-corrected chi connectivity index (χ1v) is 5.96. The monoisotopic (exact) mass is 234 g/mol. The van der Waals surface area contributed by atoms with Gasteiger partial charge in [0, 0.05) is 19.6 Å². The van der Waals surface area contributed by atoms with Gasteiger partial charge in [-0.2, -0.15) is 0 Å². The SMILES string of the molecule is O=C(NCCOCc1ccccc1)C1CNC1. The number of carbonyl (C=O) groups excluding carboxylic acids is 1. The number of nitrogens with one attached hydrogen (secondary N) is 2. The molecule has 1 aromatic carbocycles. The third kappa shape index (κ3) is 3.84. The van der Waals surface area contributed by atoms with Crippen LogP contribution in [-0.4, -0.2) is 32.1 Å². The zero-order valence-electron chi connectivity index (χ0n) is 9.82. The van der Waals surface area contributed by atoms with Crippen LogP contribution in [0.15, 0.2) is 30.3 Å². The normalized spacial score (nSPS) is 15.3. The van der Waals surface area contributed by atoms with E-state index >= 15 is 0 Å². The van der Waals surface area contributed by atoms with Crippen LogP contribution < -0.4 is 10.6 Å². The Morgan fingerprint density at radius 1 is 1.35 bits per heavy atom. The lowest BCUT2D eigenvalue weighted by Crippen LogP contribution is -2.51. The van der Waals surface area contributed by atoms with Gasteiger partial charge in [0.25, 0.3) is 0 Å². The molecular weight excluding hydrogens is 216 g/mol. The van der Waals surface area contributed by atoms with Gasteiger partial charge in [0.1, 0.15) is 0 Å². The Labute approximate surface area is 101 Å². The van der Waals surface area contributed by atoms with Crippen LogP contribution in [0.1, 0.15) is 5.56 Å². The van der Waals surface area contributed by atoms with Gasteiger partial charge in [-0.1, -0.05) is 30.3 Å². The quantitative estimate of drug-likeness (QED) is 0.706. The first-order valence-electron chi connectivity index (χ1n) is 5.96. The standard InChI is InChI=1S/C13H18N2O2/c16-13(12-8-14-9-12)15-6-7-17-10-11-4-2-1-3-5-11/h1-5,12,14H,6-10H2,(H,15,16). The second kappa shape index (κ2) is 6.37. The summed E-state index contributed by atoms with van der Waals surface area (Å²) in [5, 5.41) is 5.94. The Morgan fingerprint density at radius 3 is 2.76 bits per heavy atom. The number of carbonyl (C=O) groups is 1. The van der Waals surface area contributed by atoms with Crippen molar-refractivity contribution in [1.29, 1.82) is 0 Å². The highest BCUT2D eigenvalue weighted by Gasteiger charge is 2.23. The van der Waals surface area contributed by atoms with Gasteiger partial charge in [0.2, 0.25) is 5.91 Å². The second-order valence-electron chi connectivity index (χ2n) is 4.18. The van der Waals surface area contributed by atoms with Gasteiger partial charge in [-0.15, -0.1) is 0 Å². The Balaban J connectivity index is 1.53. The highest BCUT2D eigenvalue weighted by atomic mass is 16.5. The first-order chi connectivity index (χ1) is 8.36. The third-order valence-electron chi connectivity index (χ3n) is 2.81. The summed E-state index contributed by atoms with van der Waals surface area (Å²) in [5.41, 5.74) is 1.15. The van der Waals surface area contributed by atoms with Gasteiger partial charge in [0.05, 0.1) is 19.1 Å². The van der Waals surface area contributed by atoms with Crippen molar-refractivity contribution in [1.82, 2.24) is 10.6 Å². The molecule has 2 rings (SSSR count). The van der Waals surface area contributed by atoms with E-state index in [-0.39, 0.29) is 11.8 Å². The van der Waals surface area contributed by atoms with Gasteiger partial charge < -0.3 is 15.4 Å². The average molecular weight is 234 g/mol. The first kappa shape index (κ1) is 12.1. The maximum atomic E-state index is 11.5. The second-order valence-corrected chi connectivity index (χ2v) is 4.18. The lowest BCUT2D eigenvalue weighted by atomic mass is 10.0. The Hall–Kier alpha value is -1.39. The number of hydrogen-bond acceptors (Lipinski definition) is 3. The minimum absolute atomic E-state index is 0.132. The molecule has 1 aliphatic rings. The van der Waals surface area contributed by atoms with Crippen LogP contribution in [0, 0.1) is 5.92 Å². The predicted octanol–water partition coefficient (Wildman–Crippen LogP) is 0.539. The summed E-state index contributed by atoms with van der Waals surface area (Å²) in [6, 6.07) is 10.0. The molecular formula is C13H18N2O2. The van der Waals surface area contributed by atoms with Crippen molar-refractivity contribution >= 4 is 5.91 Å². The van der Waals surface area contributed by atoms with E-state index in [0.717, 1.165) is 18.7 Å². The molecule has 0 saturated carbocycles. The molecule has 1 aromatic rings. The summed E-state index contributed by atoms with van der Waals surface area (Å²) in [6.07, 6.45) is 0. The van der Waals surface area contributed by atoms with Crippen molar-refractivity contribution in [2.45, 2.75) is 6.61 Å². The molecule has 4 nitrogen and oxygen atoms in total. The summed E-state index contributed by atoms with van der Waals surface area (Å²) in [7, 11) is 0. The molecule has 1 heterocycles. The lowest BCUT2D eigenvalue weighted by Gasteiger charge is -2.25. The summed E-state index contributed by atoms with van der Waals surface area (Å²) < 4.78 is 5.47. The molecule has 0 bridgehead atoms. The van der Waals surface area contributed by atoms with Crippen molar-refractivity contribution in [3.63, 3.8) is 0 Å². The fourth-order valence-corrected chi connectivity index (χ4v) is 1.63. The van der Waals surface area contributed by atoms with Gasteiger partial charge in [-0.25, -0.2) is 0 Å². The van der Waals surface area contributed by atoms with Crippen LogP contribution in [0.2, 0.25) is 0 Å². The maximum Gasteiger partial charge on any atom is 0.225 e. The Kier molecular flexibility index (Phi) is 4.53. The van der Waals surface area contributed by atoms with Gasteiger partial charge in [0.15, 0.2) is 0 Å². The summed E-state index contributed by atoms with van der Waals surface area (Å²) in [4.78, 5) is 11.5. The zero-order chi connectivity index (χ0) is 11.9. The van der Waals surface area contributed by atoms with Crippen LogP contribution in [0.5, 0.6) is 0 Å². The molecule has 92 valence electrons. The average Bonchev–Trinajstić information content (AvgIpc) is 2.27. The van der Waals surface area contributed by atoms with Crippen molar-refractivity contribution < 1.29 is 9.53 Å². The number of rotatable bonds is 6. The molecule has 0 aromatic heterocycles. The Bertz CT molecular complexity index is 350. The van der Waals surface area contributed by atoms with Gasteiger partial charge in [-0.05, 0) is 5.56 Å². The van der Waals surface area contributed by atoms with Crippen LogP contribution >= 0.6 is 0 Å². The van der Waals surface area contributed by atoms with Crippen LogP contribution in [-0.2, 0) is 16.1 Å². The lowest BCUT2D eigenvalue weighted by molar-refractivity contribution is -0.126. The van der Waals surface area contributed by atoms with E-state index in [0.29, 0.717) is 19.8 Å². The molecule has 1 amide bonds. The molecule has 1 saturated heterocycles. The molecule has 1 aliphatic heterocycles.